The third-order valence-corrected chi connectivity index (χ3v) is 4.42. The van der Waals surface area contributed by atoms with Gasteiger partial charge in [0.05, 0.1) is 6.61 Å². The molecule has 1 saturated heterocycles. The zero-order valence-electron chi connectivity index (χ0n) is 13.8. The monoisotopic (exact) mass is 327 g/mol. The van der Waals surface area contributed by atoms with Crippen molar-refractivity contribution in [1.82, 2.24) is 5.32 Å². The van der Waals surface area contributed by atoms with Crippen molar-refractivity contribution >= 4 is 5.91 Å². The third-order valence-electron chi connectivity index (χ3n) is 4.42. The van der Waals surface area contributed by atoms with Crippen LogP contribution < -0.4 is 5.32 Å². The van der Waals surface area contributed by atoms with E-state index in [0.29, 0.717) is 23.6 Å². The molecule has 0 radical (unpaired) electrons. The van der Waals surface area contributed by atoms with Crippen LogP contribution in [0.4, 0.5) is 4.39 Å². The normalized spacial score (nSPS) is 17.5. The van der Waals surface area contributed by atoms with E-state index in [1.54, 1.807) is 25.1 Å². The second-order valence-electron chi connectivity index (χ2n) is 6.34. The fourth-order valence-electron chi connectivity index (χ4n) is 2.97. The van der Waals surface area contributed by atoms with E-state index in [2.05, 4.69) is 5.32 Å². The smallest absolute Gasteiger partial charge is 0.251 e. The minimum Gasteiger partial charge on any atom is -0.381 e. The van der Waals surface area contributed by atoms with Crippen LogP contribution in [0.25, 0.3) is 11.1 Å². The summed E-state index contributed by atoms with van der Waals surface area (Å²) in [5.41, 5.74) is 3.03. The number of aryl methyl sites for hydroxylation is 1. The molecule has 1 atom stereocenters. The molecule has 1 heterocycles. The molecule has 1 aliphatic heterocycles. The van der Waals surface area contributed by atoms with Crippen molar-refractivity contribution in [3.63, 3.8) is 0 Å². The van der Waals surface area contributed by atoms with Crippen LogP contribution in [0.15, 0.2) is 42.5 Å². The summed E-state index contributed by atoms with van der Waals surface area (Å²) < 4.78 is 18.9. The number of hydrogen-bond donors (Lipinski definition) is 1. The van der Waals surface area contributed by atoms with Gasteiger partial charge in [0.25, 0.3) is 5.91 Å². The Morgan fingerprint density at radius 1 is 1.25 bits per heavy atom. The molecular formula is C20H22FNO2. The molecular weight excluding hydrogens is 305 g/mol. The number of rotatable bonds is 4. The zero-order valence-corrected chi connectivity index (χ0v) is 13.8. The third kappa shape index (κ3) is 4.01. The van der Waals surface area contributed by atoms with Gasteiger partial charge in [0, 0.05) is 18.7 Å². The number of hydrogen-bond acceptors (Lipinski definition) is 2. The van der Waals surface area contributed by atoms with Gasteiger partial charge in [-0.25, -0.2) is 4.39 Å². The predicted octanol–water partition coefficient (Wildman–Crippen LogP) is 3.96. The van der Waals surface area contributed by atoms with Crippen molar-refractivity contribution in [3.8, 4) is 11.1 Å². The first-order valence-electron chi connectivity index (χ1n) is 8.36. The zero-order chi connectivity index (χ0) is 16.9. The Morgan fingerprint density at radius 3 is 2.83 bits per heavy atom. The van der Waals surface area contributed by atoms with Gasteiger partial charge in [-0.3, -0.25) is 4.79 Å². The largest absolute Gasteiger partial charge is 0.381 e. The number of amides is 1. The van der Waals surface area contributed by atoms with E-state index >= 15 is 0 Å². The number of nitrogens with one attached hydrogen (secondary N) is 1. The summed E-state index contributed by atoms with van der Waals surface area (Å²) in [7, 11) is 0. The van der Waals surface area contributed by atoms with Crippen molar-refractivity contribution in [2.24, 2.45) is 5.92 Å². The summed E-state index contributed by atoms with van der Waals surface area (Å²) in [6, 6.07) is 12.4. The quantitative estimate of drug-likeness (QED) is 0.923. The Labute approximate surface area is 141 Å². The summed E-state index contributed by atoms with van der Waals surface area (Å²) in [5, 5.41) is 2.99. The van der Waals surface area contributed by atoms with E-state index in [4.69, 9.17) is 4.74 Å². The predicted molar refractivity (Wildman–Crippen MR) is 92.4 cm³/mol. The molecule has 1 aliphatic rings. The van der Waals surface area contributed by atoms with Crippen LogP contribution in [0.2, 0.25) is 0 Å². The van der Waals surface area contributed by atoms with Gasteiger partial charge in [0.2, 0.25) is 0 Å². The fourth-order valence-corrected chi connectivity index (χ4v) is 2.97. The number of halogens is 1. The maximum Gasteiger partial charge on any atom is 0.251 e. The fraction of sp³-hybridized carbons (Fsp3) is 0.350. The molecule has 1 N–H and O–H groups in total. The lowest BCUT2D eigenvalue weighted by Gasteiger charge is -2.22. The highest BCUT2D eigenvalue weighted by Crippen LogP contribution is 2.23. The Kier molecular flexibility index (Phi) is 5.26. The van der Waals surface area contributed by atoms with E-state index < -0.39 is 0 Å². The van der Waals surface area contributed by atoms with E-state index in [0.717, 1.165) is 37.2 Å². The molecule has 0 spiro atoms. The first kappa shape index (κ1) is 16.7. The molecule has 0 aromatic heterocycles. The lowest BCUT2D eigenvalue weighted by molar-refractivity contribution is 0.0536. The molecule has 24 heavy (non-hydrogen) atoms. The van der Waals surface area contributed by atoms with Crippen LogP contribution in [0, 0.1) is 18.7 Å². The van der Waals surface area contributed by atoms with Crippen molar-refractivity contribution in [1.29, 1.82) is 0 Å². The molecule has 2 aromatic rings. The lowest BCUT2D eigenvalue weighted by atomic mass is 10.00. The Balaban J connectivity index is 1.69. The van der Waals surface area contributed by atoms with Gasteiger partial charge in [-0.05, 0) is 66.6 Å². The second-order valence-corrected chi connectivity index (χ2v) is 6.34. The minimum absolute atomic E-state index is 0.0822. The summed E-state index contributed by atoms with van der Waals surface area (Å²) in [5.74, 6) is 0.0919. The molecule has 0 saturated carbocycles. The summed E-state index contributed by atoms with van der Waals surface area (Å²) in [6.07, 6.45) is 2.15. The summed E-state index contributed by atoms with van der Waals surface area (Å²) >= 11 is 0. The van der Waals surface area contributed by atoms with Crippen LogP contribution in [0.5, 0.6) is 0 Å². The molecule has 1 fully saturated rings. The summed E-state index contributed by atoms with van der Waals surface area (Å²) in [4.78, 5) is 12.4. The van der Waals surface area contributed by atoms with E-state index in [-0.39, 0.29) is 11.7 Å². The Morgan fingerprint density at radius 2 is 2.08 bits per heavy atom. The molecule has 0 aliphatic carbocycles. The lowest BCUT2D eigenvalue weighted by Crippen LogP contribution is -2.33. The molecule has 2 aromatic carbocycles. The maximum absolute atomic E-state index is 13.4. The number of benzene rings is 2. The average molecular weight is 327 g/mol. The highest BCUT2D eigenvalue weighted by atomic mass is 19.1. The first-order valence-corrected chi connectivity index (χ1v) is 8.36. The van der Waals surface area contributed by atoms with Crippen molar-refractivity contribution < 1.29 is 13.9 Å². The van der Waals surface area contributed by atoms with Gasteiger partial charge in [-0.15, -0.1) is 0 Å². The van der Waals surface area contributed by atoms with Gasteiger partial charge in [0.15, 0.2) is 0 Å². The molecule has 0 unspecified atom stereocenters. The van der Waals surface area contributed by atoms with Crippen LogP contribution in [0.3, 0.4) is 0 Å². The van der Waals surface area contributed by atoms with E-state index in [1.165, 1.54) is 6.07 Å². The SMILES string of the molecule is Cc1cc(-c2cccc(C(=O)NC[C@@H]3CCCOC3)c2)ccc1F. The topological polar surface area (TPSA) is 38.3 Å². The number of carbonyl (C=O) groups excluding carboxylic acids is 1. The Bertz CT molecular complexity index is 723. The minimum atomic E-state index is -0.220. The number of ether oxygens (including phenoxy) is 1. The number of carbonyl (C=O) groups is 1. The standard InChI is InChI=1S/C20H22FNO2/c1-14-10-17(7-8-19(14)21)16-5-2-6-18(11-16)20(23)22-12-15-4-3-9-24-13-15/h2,5-8,10-11,15H,3-4,9,12-13H2,1H3,(H,22,23)/t15-/m0/s1. The average Bonchev–Trinajstić information content (AvgIpc) is 2.63. The van der Waals surface area contributed by atoms with Gasteiger partial charge in [-0.1, -0.05) is 18.2 Å². The highest BCUT2D eigenvalue weighted by molar-refractivity contribution is 5.95. The first-order chi connectivity index (χ1) is 11.6. The second kappa shape index (κ2) is 7.58. The van der Waals surface area contributed by atoms with Crippen molar-refractivity contribution in [2.75, 3.05) is 19.8 Å². The molecule has 1 amide bonds. The molecule has 3 nitrogen and oxygen atoms in total. The van der Waals surface area contributed by atoms with Crippen molar-refractivity contribution in [2.45, 2.75) is 19.8 Å². The van der Waals surface area contributed by atoms with E-state index in [1.807, 2.05) is 18.2 Å². The van der Waals surface area contributed by atoms with Gasteiger partial charge in [-0.2, -0.15) is 0 Å². The van der Waals surface area contributed by atoms with Crippen LogP contribution in [-0.2, 0) is 4.74 Å². The molecule has 4 heteroatoms. The van der Waals surface area contributed by atoms with Crippen LogP contribution >= 0.6 is 0 Å². The molecule has 0 bridgehead atoms. The van der Waals surface area contributed by atoms with Crippen molar-refractivity contribution in [3.05, 3.63) is 59.4 Å². The van der Waals surface area contributed by atoms with Gasteiger partial charge < -0.3 is 10.1 Å². The van der Waals surface area contributed by atoms with E-state index in [9.17, 15) is 9.18 Å². The summed E-state index contributed by atoms with van der Waals surface area (Å²) in [6.45, 7) is 3.92. The maximum atomic E-state index is 13.4. The Hall–Kier alpha value is -2.20. The van der Waals surface area contributed by atoms with Crippen LogP contribution in [-0.4, -0.2) is 25.7 Å². The molecule has 126 valence electrons. The highest BCUT2D eigenvalue weighted by Gasteiger charge is 2.15. The van der Waals surface area contributed by atoms with Gasteiger partial charge >= 0.3 is 0 Å². The van der Waals surface area contributed by atoms with Gasteiger partial charge in [0.1, 0.15) is 5.82 Å². The van der Waals surface area contributed by atoms with Crippen LogP contribution in [0.1, 0.15) is 28.8 Å². The molecule has 3 rings (SSSR count).